The largest absolute Gasteiger partial charge is 0.463 e. The van der Waals surface area contributed by atoms with Crippen LogP contribution in [-0.4, -0.2) is 18.5 Å². The van der Waals surface area contributed by atoms with Crippen molar-refractivity contribution in [3.05, 3.63) is 70.7 Å². The van der Waals surface area contributed by atoms with E-state index in [2.05, 4.69) is 0 Å². The fraction of sp³-hybridized carbons (Fsp3) is 0.222. The summed E-state index contributed by atoms with van der Waals surface area (Å²) in [7, 11) is 0. The van der Waals surface area contributed by atoms with Crippen LogP contribution in [0.3, 0.4) is 0 Å². The third kappa shape index (κ3) is 3.90. The first kappa shape index (κ1) is 17.0. The molecule has 120 valence electrons. The standard InChI is InChI=1S/C18H17ClO4/c1-3-22-17(21)18(2,14-7-5-4-6-8-14)23-16(20)13-9-11-15(19)12-10-13/h4-12H,3H2,1-2H3. The Morgan fingerprint density at radius 1 is 1.04 bits per heavy atom. The van der Waals surface area contributed by atoms with Crippen LogP contribution in [0.2, 0.25) is 5.02 Å². The molecule has 0 aliphatic rings. The quantitative estimate of drug-likeness (QED) is 0.777. The molecule has 0 saturated carbocycles. The molecule has 2 aromatic rings. The van der Waals surface area contributed by atoms with Gasteiger partial charge in [-0.3, -0.25) is 0 Å². The highest BCUT2D eigenvalue weighted by molar-refractivity contribution is 6.30. The summed E-state index contributed by atoms with van der Waals surface area (Å²) in [6.07, 6.45) is 0. The van der Waals surface area contributed by atoms with Crippen molar-refractivity contribution in [2.24, 2.45) is 0 Å². The van der Waals surface area contributed by atoms with Crippen LogP contribution in [-0.2, 0) is 19.9 Å². The van der Waals surface area contributed by atoms with Gasteiger partial charge in [0, 0.05) is 10.6 Å². The summed E-state index contributed by atoms with van der Waals surface area (Å²) in [5.41, 5.74) is -0.671. The van der Waals surface area contributed by atoms with Crippen molar-refractivity contribution in [2.45, 2.75) is 19.4 Å². The summed E-state index contributed by atoms with van der Waals surface area (Å²) in [6.45, 7) is 3.41. The predicted octanol–water partition coefficient (Wildman–Crippen LogP) is 3.98. The predicted molar refractivity (Wildman–Crippen MR) is 87.3 cm³/mol. The lowest BCUT2D eigenvalue weighted by molar-refractivity contribution is -0.165. The number of esters is 2. The van der Waals surface area contributed by atoms with Gasteiger partial charge < -0.3 is 9.47 Å². The van der Waals surface area contributed by atoms with Gasteiger partial charge in [0.25, 0.3) is 0 Å². The Bertz CT molecular complexity index is 682. The van der Waals surface area contributed by atoms with Gasteiger partial charge in [0.2, 0.25) is 5.60 Å². The maximum absolute atomic E-state index is 12.4. The van der Waals surface area contributed by atoms with Gasteiger partial charge in [0.05, 0.1) is 12.2 Å². The minimum absolute atomic E-state index is 0.194. The number of hydrogen-bond acceptors (Lipinski definition) is 4. The van der Waals surface area contributed by atoms with Crippen molar-refractivity contribution in [3.8, 4) is 0 Å². The smallest absolute Gasteiger partial charge is 0.355 e. The molecule has 0 aliphatic carbocycles. The Kier molecular flexibility index (Phi) is 5.40. The van der Waals surface area contributed by atoms with Gasteiger partial charge >= 0.3 is 11.9 Å². The Morgan fingerprint density at radius 2 is 1.65 bits per heavy atom. The van der Waals surface area contributed by atoms with Gasteiger partial charge in [-0.2, -0.15) is 0 Å². The molecule has 1 atom stereocenters. The third-order valence-electron chi connectivity index (χ3n) is 3.37. The number of halogens is 1. The lowest BCUT2D eigenvalue weighted by atomic mass is 9.95. The number of carbonyl (C=O) groups is 2. The van der Waals surface area contributed by atoms with Gasteiger partial charge in [0.1, 0.15) is 0 Å². The molecule has 0 aliphatic heterocycles. The Labute approximate surface area is 140 Å². The maximum Gasteiger partial charge on any atom is 0.355 e. The van der Waals surface area contributed by atoms with Gasteiger partial charge in [-0.05, 0) is 38.1 Å². The van der Waals surface area contributed by atoms with E-state index >= 15 is 0 Å². The van der Waals surface area contributed by atoms with Crippen LogP contribution in [0.1, 0.15) is 29.8 Å². The van der Waals surface area contributed by atoms with E-state index in [1.54, 1.807) is 55.5 Å². The van der Waals surface area contributed by atoms with Crippen molar-refractivity contribution < 1.29 is 19.1 Å². The molecule has 0 bridgehead atoms. The van der Waals surface area contributed by atoms with Crippen LogP contribution in [0.15, 0.2) is 54.6 Å². The molecule has 0 saturated heterocycles. The van der Waals surface area contributed by atoms with E-state index in [4.69, 9.17) is 21.1 Å². The maximum atomic E-state index is 12.4. The minimum atomic E-state index is -1.52. The van der Waals surface area contributed by atoms with Crippen molar-refractivity contribution in [2.75, 3.05) is 6.61 Å². The molecule has 23 heavy (non-hydrogen) atoms. The molecule has 0 spiro atoms. The van der Waals surface area contributed by atoms with E-state index in [0.717, 1.165) is 0 Å². The molecule has 0 radical (unpaired) electrons. The summed E-state index contributed by atoms with van der Waals surface area (Å²) in [5, 5.41) is 0.512. The average Bonchev–Trinajstić information content (AvgIpc) is 2.56. The van der Waals surface area contributed by atoms with Crippen molar-refractivity contribution in [1.29, 1.82) is 0 Å². The molecule has 0 fully saturated rings. The zero-order valence-electron chi connectivity index (χ0n) is 12.9. The number of ether oxygens (including phenoxy) is 2. The monoisotopic (exact) mass is 332 g/mol. The van der Waals surface area contributed by atoms with E-state index in [1.807, 2.05) is 6.07 Å². The van der Waals surface area contributed by atoms with Crippen LogP contribution >= 0.6 is 11.6 Å². The van der Waals surface area contributed by atoms with Crippen molar-refractivity contribution in [3.63, 3.8) is 0 Å². The summed E-state index contributed by atoms with van der Waals surface area (Å²) < 4.78 is 10.6. The summed E-state index contributed by atoms with van der Waals surface area (Å²) in [4.78, 5) is 24.7. The molecule has 0 amide bonds. The van der Waals surface area contributed by atoms with E-state index in [-0.39, 0.29) is 6.61 Å². The van der Waals surface area contributed by atoms with Crippen LogP contribution < -0.4 is 0 Å². The van der Waals surface area contributed by atoms with E-state index in [1.165, 1.54) is 6.92 Å². The van der Waals surface area contributed by atoms with Crippen molar-refractivity contribution in [1.82, 2.24) is 0 Å². The Hall–Kier alpha value is -2.33. The zero-order valence-corrected chi connectivity index (χ0v) is 13.7. The second-order valence-corrected chi connectivity index (χ2v) is 5.45. The molecule has 1 unspecified atom stereocenters. The Balaban J connectivity index is 2.33. The second kappa shape index (κ2) is 7.29. The highest BCUT2D eigenvalue weighted by Gasteiger charge is 2.41. The Morgan fingerprint density at radius 3 is 2.22 bits per heavy atom. The summed E-state index contributed by atoms with van der Waals surface area (Å²) in [5.74, 6) is -1.24. The molecular formula is C18H17ClO4. The highest BCUT2D eigenvalue weighted by atomic mass is 35.5. The number of hydrogen-bond donors (Lipinski definition) is 0. The van der Waals surface area contributed by atoms with Gasteiger partial charge in [-0.25, -0.2) is 9.59 Å². The molecule has 0 aromatic heterocycles. The molecule has 0 N–H and O–H groups in total. The molecule has 0 heterocycles. The lowest BCUT2D eigenvalue weighted by Gasteiger charge is -2.27. The van der Waals surface area contributed by atoms with Gasteiger partial charge in [-0.15, -0.1) is 0 Å². The SMILES string of the molecule is CCOC(=O)C(C)(OC(=O)c1ccc(Cl)cc1)c1ccccc1. The summed E-state index contributed by atoms with van der Waals surface area (Å²) in [6, 6.07) is 15.0. The molecule has 5 heteroatoms. The fourth-order valence-corrected chi connectivity index (χ4v) is 2.20. The molecule has 2 aromatic carbocycles. The number of benzene rings is 2. The summed E-state index contributed by atoms with van der Waals surface area (Å²) >= 11 is 5.81. The van der Waals surface area contributed by atoms with E-state index < -0.39 is 17.5 Å². The van der Waals surface area contributed by atoms with Crippen LogP contribution in [0.4, 0.5) is 0 Å². The first-order chi connectivity index (χ1) is 11.0. The average molecular weight is 333 g/mol. The van der Waals surface area contributed by atoms with Crippen molar-refractivity contribution >= 4 is 23.5 Å². The van der Waals surface area contributed by atoms with Gasteiger partial charge in [0.15, 0.2) is 0 Å². The highest BCUT2D eigenvalue weighted by Crippen LogP contribution is 2.28. The van der Waals surface area contributed by atoms with E-state index in [0.29, 0.717) is 16.1 Å². The first-order valence-corrected chi connectivity index (χ1v) is 7.57. The van der Waals surface area contributed by atoms with E-state index in [9.17, 15) is 9.59 Å². The topological polar surface area (TPSA) is 52.6 Å². The molecular weight excluding hydrogens is 316 g/mol. The number of rotatable bonds is 5. The van der Waals surface area contributed by atoms with Crippen LogP contribution in [0.5, 0.6) is 0 Å². The van der Waals surface area contributed by atoms with Crippen LogP contribution in [0, 0.1) is 0 Å². The second-order valence-electron chi connectivity index (χ2n) is 5.02. The molecule has 2 rings (SSSR count). The third-order valence-corrected chi connectivity index (χ3v) is 3.62. The zero-order chi connectivity index (χ0) is 16.9. The lowest BCUT2D eigenvalue weighted by Crippen LogP contribution is -2.39. The first-order valence-electron chi connectivity index (χ1n) is 7.19. The minimum Gasteiger partial charge on any atom is -0.463 e. The molecule has 4 nitrogen and oxygen atoms in total. The van der Waals surface area contributed by atoms with Crippen LogP contribution in [0.25, 0.3) is 0 Å². The normalized spacial score (nSPS) is 13.0. The fourth-order valence-electron chi connectivity index (χ4n) is 2.07. The van der Waals surface area contributed by atoms with Gasteiger partial charge in [-0.1, -0.05) is 41.9 Å². The number of carbonyl (C=O) groups excluding carboxylic acids is 2.